The highest BCUT2D eigenvalue weighted by molar-refractivity contribution is 7.95. The first kappa shape index (κ1) is 10.4. The Morgan fingerprint density at radius 3 is 2.43 bits per heavy atom. The van der Waals surface area contributed by atoms with Gasteiger partial charge in [-0.3, -0.25) is 4.21 Å². The van der Waals surface area contributed by atoms with Crippen LogP contribution in [0.4, 0.5) is 0 Å². The predicted molar refractivity (Wildman–Crippen MR) is 42.0 cm³/mol. The lowest BCUT2D eigenvalue weighted by atomic mass is 9.99. The molecule has 0 amide bonds. The zero-order chi connectivity index (χ0) is 10.7. The van der Waals surface area contributed by atoms with Gasteiger partial charge in [-0.1, -0.05) is 0 Å². The van der Waals surface area contributed by atoms with Crippen LogP contribution in [0.25, 0.3) is 0 Å². The fraction of sp³-hybridized carbons (Fsp3) is 1.00. The van der Waals surface area contributed by atoms with Crippen molar-refractivity contribution in [2.24, 2.45) is 0 Å². The second-order valence-corrected chi connectivity index (χ2v) is 5.03. The third-order valence-corrected chi connectivity index (χ3v) is 4.33. The molecule has 2 heterocycles. The summed E-state index contributed by atoms with van der Waals surface area (Å²) in [6.45, 7) is -0.659. The average molecular weight is 226 g/mol. The van der Waals surface area contributed by atoms with E-state index in [0.717, 1.165) is 0 Å². The van der Waals surface area contributed by atoms with Gasteiger partial charge in [-0.15, -0.1) is 0 Å². The number of aliphatic hydroxyl groups excluding tert-OH is 3. The summed E-state index contributed by atoms with van der Waals surface area (Å²) in [6, 6.07) is 0. The molecule has 0 bridgehead atoms. The molecule has 7 nitrogen and oxygen atoms in total. The van der Waals surface area contributed by atoms with Gasteiger partial charge in [0.25, 0.3) is 5.12 Å². The maximum atomic E-state index is 11.1. The van der Waals surface area contributed by atoms with Crippen LogP contribution < -0.4 is 0 Å². The van der Waals surface area contributed by atoms with E-state index in [1.54, 1.807) is 0 Å². The van der Waals surface area contributed by atoms with Gasteiger partial charge in [0, 0.05) is 0 Å². The van der Waals surface area contributed by atoms with Crippen molar-refractivity contribution in [3.63, 3.8) is 0 Å². The molecule has 0 radical (unpaired) electrons. The van der Waals surface area contributed by atoms with Crippen molar-refractivity contribution in [3.8, 4) is 0 Å². The second kappa shape index (κ2) is 2.73. The largest absolute Gasteiger partial charge is 0.394 e. The number of hydrogen-bond acceptors (Lipinski definition) is 7. The molecule has 0 spiro atoms. The third-order valence-electron chi connectivity index (χ3n) is 2.54. The Labute approximate surface area is 81.0 Å². The quantitative estimate of drug-likeness (QED) is 0.290. The zero-order valence-electron chi connectivity index (χ0n) is 6.90. The van der Waals surface area contributed by atoms with E-state index in [1.165, 1.54) is 0 Å². The normalized spacial score (nSPS) is 62.1. The molecule has 8 heteroatoms. The molecule has 0 aliphatic carbocycles. The van der Waals surface area contributed by atoms with Gasteiger partial charge in [-0.05, 0) is 0 Å². The molecule has 14 heavy (non-hydrogen) atoms. The summed E-state index contributed by atoms with van der Waals surface area (Å²) >= 11 is 0. The van der Waals surface area contributed by atoms with E-state index in [4.69, 9.17) is 5.11 Å². The molecule has 2 rings (SSSR count). The summed E-state index contributed by atoms with van der Waals surface area (Å²) in [4.78, 5) is -2.35. The standard InChI is InChI=1S/C6H10O7S/c7-1-2-3(8)4(9)5(10)6(11,13-2)14(5)12/h2-4,7-11H,1H2/t2-,3+,4+,5-,6+,14?/m1/s1. The van der Waals surface area contributed by atoms with Gasteiger partial charge in [-0.2, -0.15) is 0 Å². The molecule has 6 atom stereocenters. The molecular formula is C6H10O7S. The molecule has 5 N–H and O–H groups in total. The highest BCUT2D eigenvalue weighted by Crippen LogP contribution is 2.56. The molecule has 2 fully saturated rings. The molecule has 2 aliphatic heterocycles. The lowest BCUT2D eigenvalue weighted by Crippen LogP contribution is -2.58. The van der Waals surface area contributed by atoms with Crippen molar-refractivity contribution in [2.45, 2.75) is 28.4 Å². The van der Waals surface area contributed by atoms with Crippen molar-refractivity contribution >= 4 is 10.8 Å². The predicted octanol–water partition coefficient (Wildman–Crippen LogP) is -3.80. The van der Waals surface area contributed by atoms with Crippen LogP contribution in [0.3, 0.4) is 0 Å². The Hall–Kier alpha value is -0.0900. The lowest BCUT2D eigenvalue weighted by Gasteiger charge is -2.34. The van der Waals surface area contributed by atoms with Crippen LogP contribution in [0.2, 0.25) is 0 Å². The van der Waals surface area contributed by atoms with Crippen LogP contribution >= 0.6 is 0 Å². The van der Waals surface area contributed by atoms with Crippen molar-refractivity contribution in [1.29, 1.82) is 0 Å². The molecule has 82 valence electrons. The van der Waals surface area contributed by atoms with Crippen molar-refractivity contribution in [3.05, 3.63) is 0 Å². The summed E-state index contributed by atoms with van der Waals surface area (Å²) in [7, 11) is -2.21. The Balaban J connectivity index is 2.32. The molecule has 2 saturated heterocycles. The molecule has 0 aromatic rings. The topological polar surface area (TPSA) is 127 Å². The van der Waals surface area contributed by atoms with Crippen LogP contribution in [-0.2, 0) is 15.5 Å². The SMILES string of the molecule is O=S1[C@]2(O)[C@@H](O)[C@@H](O)[C@@H](CO)O[C@]12O. The fourth-order valence-electron chi connectivity index (χ4n) is 1.56. The summed E-state index contributed by atoms with van der Waals surface area (Å²) < 4.78 is 15.8. The van der Waals surface area contributed by atoms with E-state index in [-0.39, 0.29) is 0 Å². The van der Waals surface area contributed by atoms with E-state index in [1.807, 2.05) is 0 Å². The number of rotatable bonds is 1. The highest BCUT2D eigenvalue weighted by Gasteiger charge is 2.86. The molecule has 0 aromatic heterocycles. The van der Waals surface area contributed by atoms with Gasteiger partial charge >= 0.3 is 0 Å². The zero-order valence-corrected chi connectivity index (χ0v) is 7.72. The molecule has 0 aromatic carbocycles. The molecule has 0 saturated carbocycles. The average Bonchev–Trinajstić information content (AvgIpc) is 2.60. The van der Waals surface area contributed by atoms with Crippen LogP contribution in [0.15, 0.2) is 0 Å². The number of fused-ring (bicyclic) bond motifs is 1. The van der Waals surface area contributed by atoms with E-state index in [2.05, 4.69) is 4.74 Å². The Bertz CT molecular complexity index is 296. The van der Waals surface area contributed by atoms with Gasteiger partial charge in [0.1, 0.15) is 29.1 Å². The summed E-state index contributed by atoms with van der Waals surface area (Å²) in [5, 5.41) is 43.8. The minimum Gasteiger partial charge on any atom is -0.394 e. The number of ether oxygens (including phenoxy) is 1. The van der Waals surface area contributed by atoms with Gasteiger partial charge in [0.2, 0.25) is 4.93 Å². The molecular weight excluding hydrogens is 216 g/mol. The highest BCUT2D eigenvalue weighted by atomic mass is 32.2. The van der Waals surface area contributed by atoms with Crippen molar-refractivity contribution < 1.29 is 34.5 Å². The molecule has 1 unspecified atom stereocenters. The second-order valence-electron chi connectivity index (χ2n) is 3.32. The van der Waals surface area contributed by atoms with Crippen LogP contribution in [0.1, 0.15) is 0 Å². The Kier molecular flexibility index (Phi) is 2.03. The van der Waals surface area contributed by atoms with Gasteiger partial charge < -0.3 is 30.3 Å². The first-order chi connectivity index (χ1) is 6.39. The Morgan fingerprint density at radius 1 is 1.36 bits per heavy atom. The van der Waals surface area contributed by atoms with Gasteiger partial charge in [-0.25, -0.2) is 0 Å². The summed E-state index contributed by atoms with van der Waals surface area (Å²) in [5.74, 6) is 0. The van der Waals surface area contributed by atoms with E-state index >= 15 is 0 Å². The maximum Gasteiger partial charge on any atom is 0.293 e. The monoisotopic (exact) mass is 226 g/mol. The smallest absolute Gasteiger partial charge is 0.293 e. The van der Waals surface area contributed by atoms with E-state index < -0.39 is 45.8 Å². The first-order valence-electron chi connectivity index (χ1n) is 3.91. The number of aliphatic hydroxyl groups is 5. The summed E-state index contributed by atoms with van der Waals surface area (Å²) in [5.41, 5.74) is 0. The van der Waals surface area contributed by atoms with E-state index in [0.29, 0.717) is 0 Å². The lowest BCUT2D eigenvalue weighted by molar-refractivity contribution is -0.287. The van der Waals surface area contributed by atoms with Crippen LogP contribution in [-0.4, -0.2) is 64.7 Å². The molecule has 2 aliphatic rings. The maximum absolute atomic E-state index is 11.1. The third kappa shape index (κ3) is 0.890. The van der Waals surface area contributed by atoms with E-state index in [9.17, 15) is 24.6 Å². The Morgan fingerprint density at radius 2 is 1.93 bits per heavy atom. The minimum absolute atomic E-state index is 0.659. The fourth-order valence-corrected chi connectivity index (χ4v) is 2.96. The van der Waals surface area contributed by atoms with Gasteiger partial charge in [0.05, 0.1) is 6.61 Å². The summed E-state index contributed by atoms with van der Waals surface area (Å²) in [6.07, 6.45) is -4.65. The first-order valence-corrected chi connectivity index (χ1v) is 5.06. The van der Waals surface area contributed by atoms with Crippen LogP contribution in [0, 0.1) is 0 Å². The van der Waals surface area contributed by atoms with Crippen molar-refractivity contribution in [2.75, 3.05) is 6.61 Å². The van der Waals surface area contributed by atoms with Crippen LogP contribution in [0.5, 0.6) is 0 Å². The minimum atomic E-state index is -2.38. The number of hydrogen-bond donors (Lipinski definition) is 5. The van der Waals surface area contributed by atoms with Crippen molar-refractivity contribution in [1.82, 2.24) is 0 Å². The van der Waals surface area contributed by atoms with Gasteiger partial charge in [0.15, 0.2) is 0 Å².